The normalized spacial score (nSPS) is 20.3. The molecule has 0 aliphatic heterocycles. The van der Waals surface area contributed by atoms with Gasteiger partial charge in [-0.2, -0.15) is 5.10 Å². The standard InChI is InChI=1S/C33H47FN6O4/c1-5-27(31(35)43)38(20-33(4)16-17-33)29(42)14-10-23-9-13-26(25(34)19-23)37-32(44)30(24-11-7-22(3)8-12-24)39(21-41)28-15-18-36-40(28)6-2/h9,13,15,18-19,21-22,24,27,30H,5-8,10-12,14,16-17,20H2,1-4H3,(H2,35,43)(H,37,44)/t22?,24?,27-,30+/m1/s1. The summed E-state index contributed by atoms with van der Waals surface area (Å²) in [5.74, 6) is -0.808. The van der Waals surface area contributed by atoms with Crippen molar-refractivity contribution in [2.75, 3.05) is 16.8 Å². The quantitative estimate of drug-likeness (QED) is 0.283. The van der Waals surface area contributed by atoms with Gasteiger partial charge in [-0.3, -0.25) is 24.1 Å². The molecular weight excluding hydrogens is 563 g/mol. The van der Waals surface area contributed by atoms with Crippen molar-refractivity contribution in [2.24, 2.45) is 23.0 Å². The van der Waals surface area contributed by atoms with E-state index in [4.69, 9.17) is 5.73 Å². The number of aryl methyl sites for hydroxylation is 2. The van der Waals surface area contributed by atoms with E-state index in [9.17, 15) is 19.2 Å². The third kappa shape index (κ3) is 7.84. The lowest BCUT2D eigenvalue weighted by Gasteiger charge is -2.37. The molecule has 1 aromatic carbocycles. The summed E-state index contributed by atoms with van der Waals surface area (Å²) in [5.41, 5.74) is 6.22. The molecule has 3 N–H and O–H groups in total. The number of carbonyl (C=O) groups excluding carboxylic acids is 4. The number of hydrogen-bond acceptors (Lipinski definition) is 5. The summed E-state index contributed by atoms with van der Waals surface area (Å²) in [6.45, 7) is 9.02. The van der Waals surface area contributed by atoms with Gasteiger partial charge in [0, 0.05) is 25.6 Å². The summed E-state index contributed by atoms with van der Waals surface area (Å²) in [5, 5.41) is 7.01. The fourth-order valence-electron chi connectivity index (χ4n) is 6.37. The fraction of sp³-hybridized carbons (Fsp3) is 0.606. The molecular formula is C33H47FN6O4. The Hall–Kier alpha value is -3.76. The van der Waals surface area contributed by atoms with Crippen molar-refractivity contribution in [3.63, 3.8) is 0 Å². The summed E-state index contributed by atoms with van der Waals surface area (Å²) in [6, 6.07) is 4.72. The number of anilines is 2. The molecule has 4 amide bonds. The Labute approximate surface area is 259 Å². The Morgan fingerprint density at radius 2 is 1.89 bits per heavy atom. The number of nitrogens with one attached hydrogen (secondary N) is 1. The van der Waals surface area contributed by atoms with Crippen LogP contribution in [0, 0.1) is 23.1 Å². The first-order chi connectivity index (χ1) is 21.0. The van der Waals surface area contributed by atoms with E-state index in [1.165, 1.54) is 17.0 Å². The molecule has 0 saturated heterocycles. The zero-order valence-electron chi connectivity index (χ0n) is 26.4. The monoisotopic (exact) mass is 610 g/mol. The third-order valence-electron chi connectivity index (χ3n) is 9.43. The third-order valence-corrected chi connectivity index (χ3v) is 9.43. The number of nitrogens with zero attached hydrogens (tertiary/aromatic N) is 4. The van der Waals surface area contributed by atoms with Crippen LogP contribution in [0.1, 0.15) is 84.6 Å². The lowest BCUT2D eigenvalue weighted by atomic mass is 9.78. The Bertz CT molecular complexity index is 1330. The highest BCUT2D eigenvalue weighted by molar-refractivity contribution is 6.00. The topological polar surface area (TPSA) is 131 Å². The van der Waals surface area contributed by atoms with E-state index >= 15 is 4.39 Å². The number of nitrogens with two attached hydrogens (primary N) is 1. The van der Waals surface area contributed by atoms with E-state index in [2.05, 4.69) is 24.3 Å². The van der Waals surface area contributed by atoms with Gasteiger partial charge >= 0.3 is 0 Å². The minimum absolute atomic E-state index is 0.00774. The van der Waals surface area contributed by atoms with Crippen LogP contribution < -0.4 is 16.0 Å². The number of primary amides is 1. The van der Waals surface area contributed by atoms with Crippen LogP contribution in [0.15, 0.2) is 30.5 Å². The summed E-state index contributed by atoms with van der Waals surface area (Å²) in [4.78, 5) is 54.5. The second-order valence-corrected chi connectivity index (χ2v) is 12.9. The molecule has 2 aromatic rings. The van der Waals surface area contributed by atoms with Crippen LogP contribution in [-0.2, 0) is 32.1 Å². The molecule has 2 aliphatic rings. The minimum atomic E-state index is -0.824. The number of hydrogen-bond donors (Lipinski definition) is 2. The van der Waals surface area contributed by atoms with E-state index in [-0.39, 0.29) is 35.8 Å². The minimum Gasteiger partial charge on any atom is -0.368 e. The molecule has 10 nitrogen and oxygen atoms in total. The molecule has 4 rings (SSSR count). The first kappa shape index (κ1) is 33.1. The smallest absolute Gasteiger partial charge is 0.247 e. The van der Waals surface area contributed by atoms with Gasteiger partial charge in [-0.15, -0.1) is 0 Å². The molecule has 2 atom stereocenters. The Morgan fingerprint density at radius 1 is 1.18 bits per heavy atom. The molecule has 11 heteroatoms. The highest BCUT2D eigenvalue weighted by Crippen LogP contribution is 2.46. The van der Waals surface area contributed by atoms with Gasteiger partial charge in [-0.1, -0.05) is 39.7 Å². The zero-order valence-corrected chi connectivity index (χ0v) is 26.4. The molecule has 2 fully saturated rings. The van der Waals surface area contributed by atoms with E-state index in [0.717, 1.165) is 38.5 Å². The van der Waals surface area contributed by atoms with Gasteiger partial charge in [0.05, 0.1) is 11.9 Å². The molecule has 0 unspecified atom stereocenters. The number of aromatic nitrogens is 2. The number of carbonyl (C=O) groups is 4. The molecule has 1 heterocycles. The van der Waals surface area contributed by atoms with Crippen LogP contribution in [0.4, 0.5) is 15.9 Å². The van der Waals surface area contributed by atoms with E-state index in [1.54, 1.807) is 27.9 Å². The molecule has 0 radical (unpaired) electrons. The molecule has 2 saturated carbocycles. The first-order valence-corrected chi connectivity index (χ1v) is 15.9. The summed E-state index contributed by atoms with van der Waals surface area (Å²) < 4.78 is 17.0. The van der Waals surface area contributed by atoms with Crippen molar-refractivity contribution in [1.29, 1.82) is 0 Å². The molecule has 0 spiro atoms. The van der Waals surface area contributed by atoms with Gasteiger partial charge in [0.2, 0.25) is 24.1 Å². The van der Waals surface area contributed by atoms with Crippen molar-refractivity contribution in [3.05, 3.63) is 41.8 Å². The van der Waals surface area contributed by atoms with Crippen molar-refractivity contribution in [3.8, 4) is 0 Å². The number of benzene rings is 1. The second-order valence-electron chi connectivity index (χ2n) is 12.9. The van der Waals surface area contributed by atoms with Crippen LogP contribution in [0.3, 0.4) is 0 Å². The van der Waals surface area contributed by atoms with Gasteiger partial charge in [0.25, 0.3) is 0 Å². The highest BCUT2D eigenvalue weighted by Gasteiger charge is 2.42. The summed E-state index contributed by atoms with van der Waals surface area (Å²) >= 11 is 0. The Morgan fingerprint density at radius 3 is 2.45 bits per heavy atom. The Balaban J connectivity index is 1.47. The molecule has 240 valence electrons. The predicted octanol–water partition coefficient (Wildman–Crippen LogP) is 4.66. The van der Waals surface area contributed by atoms with Crippen molar-refractivity contribution < 1.29 is 23.6 Å². The second kappa shape index (κ2) is 14.3. The van der Waals surface area contributed by atoms with Gasteiger partial charge < -0.3 is 16.0 Å². The van der Waals surface area contributed by atoms with E-state index in [1.807, 2.05) is 13.8 Å². The molecule has 1 aromatic heterocycles. The summed E-state index contributed by atoms with van der Waals surface area (Å²) in [7, 11) is 0. The van der Waals surface area contributed by atoms with Crippen molar-refractivity contribution >= 4 is 35.6 Å². The van der Waals surface area contributed by atoms with Crippen molar-refractivity contribution in [2.45, 2.75) is 104 Å². The number of halogens is 1. The van der Waals surface area contributed by atoms with Gasteiger partial charge in [-0.05, 0) is 80.4 Å². The number of amides is 4. The Kier molecular flexibility index (Phi) is 10.8. The highest BCUT2D eigenvalue weighted by atomic mass is 19.1. The predicted molar refractivity (Wildman–Crippen MR) is 167 cm³/mol. The fourth-order valence-corrected chi connectivity index (χ4v) is 6.37. The van der Waals surface area contributed by atoms with Gasteiger partial charge in [-0.25, -0.2) is 9.07 Å². The molecule has 2 aliphatic carbocycles. The van der Waals surface area contributed by atoms with Crippen molar-refractivity contribution in [1.82, 2.24) is 14.7 Å². The number of rotatable bonds is 15. The van der Waals surface area contributed by atoms with Crippen LogP contribution in [0.5, 0.6) is 0 Å². The van der Waals surface area contributed by atoms with Gasteiger partial charge in [0.1, 0.15) is 23.7 Å². The largest absolute Gasteiger partial charge is 0.368 e. The van der Waals surface area contributed by atoms with Crippen LogP contribution in [-0.4, -0.2) is 57.4 Å². The van der Waals surface area contributed by atoms with Crippen LogP contribution in [0.25, 0.3) is 0 Å². The summed E-state index contributed by atoms with van der Waals surface area (Å²) in [6.07, 6.45) is 8.53. The average Bonchev–Trinajstić information content (AvgIpc) is 3.53. The maximum atomic E-state index is 15.4. The maximum absolute atomic E-state index is 15.4. The zero-order chi connectivity index (χ0) is 32.0. The molecule has 0 bridgehead atoms. The lowest BCUT2D eigenvalue weighted by molar-refractivity contribution is -0.140. The van der Waals surface area contributed by atoms with Crippen LogP contribution in [0.2, 0.25) is 0 Å². The van der Waals surface area contributed by atoms with Crippen LogP contribution >= 0.6 is 0 Å². The average molecular weight is 611 g/mol. The lowest BCUT2D eigenvalue weighted by Crippen LogP contribution is -2.50. The first-order valence-electron chi connectivity index (χ1n) is 15.9. The molecule has 44 heavy (non-hydrogen) atoms. The maximum Gasteiger partial charge on any atom is 0.247 e. The SMILES string of the molecule is CC[C@H](C(N)=O)N(CC1(C)CC1)C(=O)CCc1ccc(NC(=O)[C@H](C2CCC(C)CC2)N(C=O)c2ccnn2CC)c(F)c1. The van der Waals surface area contributed by atoms with E-state index in [0.29, 0.717) is 43.2 Å². The van der Waals surface area contributed by atoms with Gasteiger partial charge in [0.15, 0.2) is 0 Å². The van der Waals surface area contributed by atoms with E-state index < -0.39 is 29.7 Å².